The van der Waals surface area contributed by atoms with E-state index in [1.807, 2.05) is 36.4 Å². The first-order valence-electron chi connectivity index (χ1n) is 8.21. The first-order valence-corrected chi connectivity index (χ1v) is 8.21. The van der Waals surface area contributed by atoms with E-state index in [2.05, 4.69) is 0 Å². The fourth-order valence-electron chi connectivity index (χ4n) is 2.89. The van der Waals surface area contributed by atoms with Gasteiger partial charge in [-0.3, -0.25) is 9.36 Å². The Bertz CT molecular complexity index is 1130. The summed E-state index contributed by atoms with van der Waals surface area (Å²) in [5.41, 5.74) is 0.855. The van der Waals surface area contributed by atoms with Crippen LogP contribution in [0.25, 0.3) is 16.5 Å². The lowest BCUT2D eigenvalue weighted by Crippen LogP contribution is -2.21. The third-order valence-corrected chi connectivity index (χ3v) is 4.13. The first-order chi connectivity index (χ1) is 12.7. The number of aromatic nitrogens is 1. The number of hydrogen-bond donors (Lipinski definition) is 0. The number of carbonyl (C=O) groups is 1. The Morgan fingerprint density at radius 2 is 1.31 bits per heavy atom. The number of ether oxygens (including phenoxy) is 1. The fourth-order valence-corrected chi connectivity index (χ4v) is 2.89. The van der Waals surface area contributed by atoms with Gasteiger partial charge in [0.25, 0.3) is 5.56 Å². The van der Waals surface area contributed by atoms with Crippen LogP contribution >= 0.6 is 0 Å². The van der Waals surface area contributed by atoms with E-state index in [1.165, 1.54) is 4.57 Å². The first kappa shape index (κ1) is 15.8. The summed E-state index contributed by atoms with van der Waals surface area (Å²) in [7, 11) is 0. The molecule has 4 aromatic rings. The number of para-hydroxylation sites is 2. The van der Waals surface area contributed by atoms with Crippen molar-refractivity contribution >= 4 is 16.7 Å². The maximum absolute atomic E-state index is 12.9. The van der Waals surface area contributed by atoms with Crippen LogP contribution in [0, 0.1) is 0 Å². The quantitative estimate of drug-likeness (QED) is 0.414. The molecule has 0 bridgehead atoms. The molecule has 4 nitrogen and oxygen atoms in total. The van der Waals surface area contributed by atoms with Gasteiger partial charge in [0.15, 0.2) is 0 Å². The summed E-state index contributed by atoms with van der Waals surface area (Å²) in [5, 5.41) is 1.05. The Labute approximate surface area is 149 Å². The maximum atomic E-state index is 12.9. The predicted molar refractivity (Wildman–Crippen MR) is 101 cm³/mol. The summed E-state index contributed by atoms with van der Waals surface area (Å²) in [4.78, 5) is 25.7. The molecule has 1 heterocycles. The molecule has 0 radical (unpaired) electrons. The van der Waals surface area contributed by atoms with Gasteiger partial charge in [0.1, 0.15) is 5.75 Å². The van der Waals surface area contributed by atoms with E-state index in [-0.39, 0.29) is 5.56 Å². The van der Waals surface area contributed by atoms with E-state index in [4.69, 9.17) is 4.74 Å². The van der Waals surface area contributed by atoms with Crippen LogP contribution in [0.15, 0.2) is 95.9 Å². The average molecular weight is 341 g/mol. The molecule has 4 heteroatoms. The lowest BCUT2D eigenvalue weighted by molar-refractivity contribution is 0.0736. The third-order valence-electron chi connectivity index (χ3n) is 4.13. The second-order valence-corrected chi connectivity index (χ2v) is 5.80. The number of carbonyl (C=O) groups excluding carboxylic acids is 1. The van der Waals surface area contributed by atoms with Crippen LogP contribution in [0.1, 0.15) is 10.4 Å². The molecule has 3 aromatic carbocycles. The number of nitrogens with zero attached hydrogens (tertiary/aromatic N) is 1. The maximum Gasteiger partial charge on any atom is 0.345 e. The molecule has 0 aliphatic rings. The molecule has 4 rings (SSSR count). The number of rotatable bonds is 3. The largest absolute Gasteiger partial charge is 0.423 e. The molecule has 0 atom stereocenters. The molecule has 0 unspecified atom stereocenters. The van der Waals surface area contributed by atoms with Gasteiger partial charge in [0.05, 0.1) is 5.56 Å². The second-order valence-electron chi connectivity index (χ2n) is 5.80. The molecule has 0 N–H and O–H groups in total. The highest BCUT2D eigenvalue weighted by Gasteiger charge is 2.17. The summed E-state index contributed by atoms with van der Waals surface area (Å²) < 4.78 is 6.96. The highest BCUT2D eigenvalue weighted by Crippen LogP contribution is 2.20. The molecule has 0 aliphatic carbocycles. The van der Waals surface area contributed by atoms with Crippen LogP contribution in [-0.4, -0.2) is 10.5 Å². The van der Waals surface area contributed by atoms with Crippen molar-refractivity contribution in [2.45, 2.75) is 0 Å². The van der Waals surface area contributed by atoms with Crippen LogP contribution in [0.5, 0.6) is 5.75 Å². The van der Waals surface area contributed by atoms with Gasteiger partial charge >= 0.3 is 5.97 Å². The van der Waals surface area contributed by atoms with Gasteiger partial charge in [0.2, 0.25) is 0 Å². The van der Waals surface area contributed by atoms with Crippen molar-refractivity contribution in [2.75, 3.05) is 0 Å². The van der Waals surface area contributed by atoms with Crippen molar-refractivity contribution in [1.29, 1.82) is 0 Å². The molecule has 0 aliphatic heterocycles. The summed E-state index contributed by atoms with van der Waals surface area (Å²) >= 11 is 0. The zero-order valence-corrected chi connectivity index (χ0v) is 13.8. The van der Waals surface area contributed by atoms with Crippen molar-refractivity contribution in [3.8, 4) is 11.4 Å². The van der Waals surface area contributed by atoms with Crippen LogP contribution < -0.4 is 10.3 Å². The summed E-state index contributed by atoms with van der Waals surface area (Å²) in [6, 6.07) is 25.1. The van der Waals surface area contributed by atoms with Gasteiger partial charge < -0.3 is 4.74 Å². The number of pyridine rings is 1. The van der Waals surface area contributed by atoms with Crippen molar-refractivity contribution in [2.24, 2.45) is 0 Å². The van der Waals surface area contributed by atoms with Crippen molar-refractivity contribution in [3.63, 3.8) is 0 Å². The molecular weight excluding hydrogens is 326 g/mol. The van der Waals surface area contributed by atoms with Crippen molar-refractivity contribution in [1.82, 2.24) is 4.57 Å². The zero-order valence-electron chi connectivity index (χ0n) is 13.8. The van der Waals surface area contributed by atoms with E-state index >= 15 is 0 Å². The summed E-state index contributed by atoms with van der Waals surface area (Å²) in [6.07, 6.45) is 1.55. The van der Waals surface area contributed by atoms with E-state index < -0.39 is 5.97 Å². The minimum atomic E-state index is -0.503. The van der Waals surface area contributed by atoms with Gasteiger partial charge in [-0.1, -0.05) is 54.6 Å². The minimum Gasteiger partial charge on any atom is -0.423 e. The van der Waals surface area contributed by atoms with E-state index in [1.54, 1.807) is 54.7 Å². The van der Waals surface area contributed by atoms with Gasteiger partial charge in [-0.05, 0) is 30.3 Å². The van der Waals surface area contributed by atoms with E-state index in [0.29, 0.717) is 27.8 Å². The number of esters is 1. The van der Waals surface area contributed by atoms with Gasteiger partial charge in [-0.15, -0.1) is 0 Å². The number of benzene rings is 3. The van der Waals surface area contributed by atoms with Gasteiger partial charge in [-0.25, -0.2) is 4.79 Å². The normalized spacial score (nSPS) is 10.6. The number of hydrogen-bond acceptors (Lipinski definition) is 3. The second kappa shape index (κ2) is 6.69. The zero-order chi connectivity index (χ0) is 17.9. The van der Waals surface area contributed by atoms with E-state index in [0.717, 1.165) is 0 Å². The molecule has 26 heavy (non-hydrogen) atoms. The Morgan fingerprint density at radius 3 is 2.00 bits per heavy atom. The van der Waals surface area contributed by atoms with Gasteiger partial charge in [-0.2, -0.15) is 0 Å². The van der Waals surface area contributed by atoms with Crippen molar-refractivity contribution in [3.05, 3.63) is 107 Å². The molecule has 1 aromatic heterocycles. The highest BCUT2D eigenvalue weighted by atomic mass is 16.5. The Hall–Kier alpha value is -3.66. The molecule has 0 spiro atoms. The van der Waals surface area contributed by atoms with Crippen LogP contribution in [0.2, 0.25) is 0 Å². The molecular formula is C22H15NO3. The predicted octanol–water partition coefficient (Wildman–Crippen LogP) is 4.21. The summed E-state index contributed by atoms with van der Waals surface area (Å²) in [6.45, 7) is 0. The number of fused-ring (bicyclic) bond motifs is 1. The molecule has 0 saturated carbocycles. The topological polar surface area (TPSA) is 48.3 Å². The smallest absolute Gasteiger partial charge is 0.345 e. The third kappa shape index (κ3) is 2.89. The monoisotopic (exact) mass is 341 g/mol. The molecule has 126 valence electrons. The summed E-state index contributed by atoms with van der Waals surface area (Å²) in [5.74, 6) is -0.0453. The molecule has 0 saturated heterocycles. The Morgan fingerprint density at radius 1 is 0.731 bits per heavy atom. The lowest BCUT2D eigenvalue weighted by Gasteiger charge is -2.12. The minimum absolute atomic E-state index is 0.178. The van der Waals surface area contributed by atoms with Crippen LogP contribution in [0.3, 0.4) is 0 Å². The highest BCUT2D eigenvalue weighted by molar-refractivity contribution is 6.04. The Kier molecular flexibility index (Phi) is 4.07. The SMILES string of the molecule is O=C(Oc1ccccc1)c1cn(-c2ccccc2)c(=O)c2ccccc12. The van der Waals surface area contributed by atoms with Crippen molar-refractivity contribution < 1.29 is 9.53 Å². The van der Waals surface area contributed by atoms with Gasteiger partial charge in [0, 0.05) is 22.7 Å². The molecule has 0 amide bonds. The lowest BCUT2D eigenvalue weighted by atomic mass is 10.1. The van der Waals surface area contributed by atoms with Crippen LogP contribution in [0.4, 0.5) is 0 Å². The average Bonchev–Trinajstić information content (AvgIpc) is 2.70. The standard InChI is InChI=1S/C22H15NO3/c24-21-19-14-8-7-13-18(19)20(15-23(21)16-9-3-1-4-10-16)22(25)26-17-11-5-2-6-12-17/h1-15H. The Balaban J connectivity index is 1.90. The molecule has 0 fully saturated rings. The fraction of sp³-hybridized carbons (Fsp3) is 0. The van der Waals surface area contributed by atoms with E-state index in [9.17, 15) is 9.59 Å². The van der Waals surface area contributed by atoms with Crippen LogP contribution in [-0.2, 0) is 0 Å².